The van der Waals surface area contributed by atoms with E-state index in [2.05, 4.69) is 15.3 Å². The van der Waals surface area contributed by atoms with Crippen molar-refractivity contribution in [3.63, 3.8) is 0 Å². The van der Waals surface area contributed by atoms with Gasteiger partial charge in [0, 0.05) is 25.7 Å². The normalized spacial score (nSPS) is 14.1. The van der Waals surface area contributed by atoms with E-state index in [0.717, 1.165) is 25.9 Å². The molecule has 0 saturated carbocycles. The average molecular weight is 341 g/mol. The molecule has 0 radical (unpaired) electrons. The average Bonchev–Trinajstić information content (AvgIpc) is 3.26. The van der Waals surface area contributed by atoms with Crippen molar-refractivity contribution in [3.05, 3.63) is 36.5 Å². The number of nitrogens with zero attached hydrogens (tertiary/aromatic N) is 4. The Morgan fingerprint density at radius 1 is 1.20 bits per heavy atom. The maximum Gasteiger partial charge on any atom is 0.274 e. The summed E-state index contributed by atoms with van der Waals surface area (Å²) in [5.74, 6) is 0.902. The van der Waals surface area contributed by atoms with Crippen LogP contribution < -0.4 is 5.32 Å². The van der Waals surface area contributed by atoms with E-state index in [1.807, 2.05) is 18.7 Å². The monoisotopic (exact) mass is 341 g/mol. The fourth-order valence-electron chi connectivity index (χ4n) is 2.84. The molecule has 2 aromatic rings. The third-order valence-corrected chi connectivity index (χ3v) is 4.08. The van der Waals surface area contributed by atoms with Gasteiger partial charge in [0.2, 0.25) is 5.91 Å². The number of hydrogen-bond acceptors (Lipinski definition) is 4. The number of carbonyl (C=O) groups excluding carboxylic acids is 2. The van der Waals surface area contributed by atoms with Gasteiger partial charge in [-0.2, -0.15) is 0 Å². The van der Waals surface area contributed by atoms with E-state index in [-0.39, 0.29) is 11.8 Å². The van der Waals surface area contributed by atoms with Crippen LogP contribution in [-0.4, -0.2) is 44.3 Å². The molecule has 7 heteroatoms. The topological polar surface area (TPSA) is 80.1 Å². The van der Waals surface area contributed by atoms with Crippen LogP contribution in [0.15, 0.2) is 30.9 Å². The number of rotatable bonds is 5. The van der Waals surface area contributed by atoms with E-state index in [1.165, 1.54) is 0 Å². The van der Waals surface area contributed by atoms with Crippen LogP contribution in [0.5, 0.6) is 0 Å². The van der Waals surface area contributed by atoms with Crippen LogP contribution in [0, 0.1) is 5.92 Å². The molecule has 0 aromatic carbocycles. The summed E-state index contributed by atoms with van der Waals surface area (Å²) in [6.45, 7) is 5.60. The number of anilines is 1. The number of nitrogens with one attached hydrogen (secondary N) is 1. The van der Waals surface area contributed by atoms with E-state index in [0.29, 0.717) is 29.5 Å². The SMILES string of the molecule is CC(C)CC(=O)Nc1ccc(-n2cnc(C(=O)N3CCCC3)c2)nc1. The molecule has 132 valence electrons. The first-order chi connectivity index (χ1) is 12.0. The summed E-state index contributed by atoms with van der Waals surface area (Å²) in [5, 5.41) is 2.83. The number of likely N-dealkylation sites (tertiary alicyclic amines) is 1. The minimum atomic E-state index is -0.0335. The number of amides is 2. The molecule has 0 spiro atoms. The van der Waals surface area contributed by atoms with E-state index in [9.17, 15) is 9.59 Å². The molecule has 3 rings (SSSR count). The highest BCUT2D eigenvalue weighted by molar-refractivity contribution is 5.92. The largest absolute Gasteiger partial charge is 0.337 e. The molecule has 0 unspecified atom stereocenters. The first-order valence-electron chi connectivity index (χ1n) is 8.62. The number of hydrogen-bond donors (Lipinski definition) is 1. The molecule has 25 heavy (non-hydrogen) atoms. The Morgan fingerprint density at radius 2 is 1.96 bits per heavy atom. The lowest BCUT2D eigenvalue weighted by Gasteiger charge is -2.12. The summed E-state index contributed by atoms with van der Waals surface area (Å²) in [5.41, 5.74) is 1.08. The van der Waals surface area contributed by atoms with Crippen molar-refractivity contribution in [2.45, 2.75) is 33.1 Å². The molecule has 1 N–H and O–H groups in total. The second-order valence-electron chi connectivity index (χ2n) is 6.72. The summed E-state index contributed by atoms with van der Waals surface area (Å²) in [7, 11) is 0. The van der Waals surface area contributed by atoms with Crippen molar-refractivity contribution < 1.29 is 9.59 Å². The van der Waals surface area contributed by atoms with Gasteiger partial charge in [-0.25, -0.2) is 9.97 Å². The summed E-state index contributed by atoms with van der Waals surface area (Å²) in [4.78, 5) is 34.5. The highest BCUT2D eigenvalue weighted by Gasteiger charge is 2.21. The highest BCUT2D eigenvalue weighted by atomic mass is 16.2. The molecular formula is C18H23N5O2. The van der Waals surface area contributed by atoms with E-state index < -0.39 is 0 Å². The minimum absolute atomic E-state index is 0.0225. The Bertz CT molecular complexity index is 745. The molecule has 1 aliphatic rings. The first-order valence-corrected chi connectivity index (χ1v) is 8.62. The molecule has 1 fully saturated rings. The van der Waals surface area contributed by atoms with Crippen LogP contribution in [-0.2, 0) is 4.79 Å². The molecule has 1 saturated heterocycles. The minimum Gasteiger partial charge on any atom is -0.337 e. The van der Waals surface area contributed by atoms with Gasteiger partial charge in [-0.1, -0.05) is 13.8 Å². The Labute approximate surface area is 147 Å². The Kier molecular flexibility index (Phi) is 5.11. The highest BCUT2D eigenvalue weighted by Crippen LogP contribution is 2.14. The van der Waals surface area contributed by atoms with Gasteiger partial charge in [0.15, 0.2) is 0 Å². The maximum atomic E-state index is 12.3. The summed E-state index contributed by atoms with van der Waals surface area (Å²) in [6, 6.07) is 3.58. The molecule has 3 heterocycles. The van der Waals surface area contributed by atoms with Crippen molar-refractivity contribution in [2.75, 3.05) is 18.4 Å². The third kappa shape index (κ3) is 4.23. The Hall–Kier alpha value is -2.70. The molecule has 0 bridgehead atoms. The van der Waals surface area contributed by atoms with E-state index in [1.54, 1.807) is 35.4 Å². The smallest absolute Gasteiger partial charge is 0.274 e. The van der Waals surface area contributed by atoms with Gasteiger partial charge in [-0.3, -0.25) is 14.2 Å². The molecule has 2 aromatic heterocycles. The second kappa shape index (κ2) is 7.46. The zero-order chi connectivity index (χ0) is 17.8. The lowest BCUT2D eigenvalue weighted by molar-refractivity contribution is -0.116. The van der Waals surface area contributed by atoms with E-state index in [4.69, 9.17) is 0 Å². The van der Waals surface area contributed by atoms with Crippen molar-refractivity contribution in [2.24, 2.45) is 5.92 Å². The lowest BCUT2D eigenvalue weighted by atomic mass is 10.1. The second-order valence-corrected chi connectivity index (χ2v) is 6.72. The summed E-state index contributed by atoms with van der Waals surface area (Å²) >= 11 is 0. The third-order valence-electron chi connectivity index (χ3n) is 4.08. The molecule has 0 atom stereocenters. The fraction of sp³-hybridized carbons (Fsp3) is 0.444. The fourth-order valence-corrected chi connectivity index (χ4v) is 2.84. The van der Waals surface area contributed by atoms with Crippen LogP contribution in [0.3, 0.4) is 0 Å². The van der Waals surface area contributed by atoms with Crippen molar-refractivity contribution in [3.8, 4) is 5.82 Å². The zero-order valence-corrected chi connectivity index (χ0v) is 14.6. The standard InChI is InChI=1S/C18H23N5O2/c1-13(2)9-17(24)21-14-5-6-16(19-10-14)23-11-15(20-12-23)18(25)22-7-3-4-8-22/h5-6,10-13H,3-4,7-9H2,1-2H3,(H,21,24). The number of aromatic nitrogens is 3. The molecule has 1 aliphatic heterocycles. The van der Waals surface area contributed by atoms with Crippen LogP contribution in [0.1, 0.15) is 43.6 Å². The molecular weight excluding hydrogens is 318 g/mol. The van der Waals surface area contributed by atoms with Crippen LogP contribution >= 0.6 is 0 Å². The van der Waals surface area contributed by atoms with Gasteiger partial charge in [-0.05, 0) is 30.9 Å². The van der Waals surface area contributed by atoms with Crippen LogP contribution in [0.4, 0.5) is 5.69 Å². The lowest BCUT2D eigenvalue weighted by Crippen LogP contribution is -2.27. The molecule has 0 aliphatic carbocycles. The van der Waals surface area contributed by atoms with Gasteiger partial charge in [0.25, 0.3) is 5.91 Å². The Morgan fingerprint density at radius 3 is 2.60 bits per heavy atom. The van der Waals surface area contributed by atoms with Gasteiger partial charge >= 0.3 is 0 Å². The van der Waals surface area contributed by atoms with Gasteiger partial charge in [0.05, 0.1) is 11.9 Å². The van der Waals surface area contributed by atoms with Crippen molar-refractivity contribution in [1.29, 1.82) is 0 Å². The molecule has 7 nitrogen and oxygen atoms in total. The summed E-state index contributed by atoms with van der Waals surface area (Å²) in [6.07, 6.45) is 7.47. The predicted octanol–water partition coefficient (Wildman–Crippen LogP) is 2.49. The number of carbonyl (C=O) groups is 2. The van der Waals surface area contributed by atoms with Gasteiger partial charge in [0.1, 0.15) is 17.8 Å². The van der Waals surface area contributed by atoms with Crippen molar-refractivity contribution in [1.82, 2.24) is 19.4 Å². The predicted molar refractivity (Wildman–Crippen MR) is 94.6 cm³/mol. The van der Waals surface area contributed by atoms with Gasteiger partial charge < -0.3 is 10.2 Å². The van der Waals surface area contributed by atoms with E-state index >= 15 is 0 Å². The van der Waals surface area contributed by atoms with Crippen LogP contribution in [0.2, 0.25) is 0 Å². The quantitative estimate of drug-likeness (QED) is 0.906. The Balaban J connectivity index is 1.66. The summed E-state index contributed by atoms with van der Waals surface area (Å²) < 4.78 is 1.71. The molecule has 2 amide bonds. The maximum absolute atomic E-state index is 12.3. The number of pyridine rings is 1. The van der Waals surface area contributed by atoms with Crippen molar-refractivity contribution >= 4 is 17.5 Å². The number of imidazole rings is 1. The first kappa shape index (κ1) is 17.1. The van der Waals surface area contributed by atoms with Crippen LogP contribution in [0.25, 0.3) is 5.82 Å². The zero-order valence-electron chi connectivity index (χ0n) is 14.6. The van der Waals surface area contributed by atoms with Gasteiger partial charge in [-0.15, -0.1) is 0 Å².